The normalized spacial score (nSPS) is 13.9. The standard InChI is InChI=1S/C18H12Cl2N2O4/c19-12-5-4-11(15(20)8-12)9-26-13-3-1-2-10(6-13)7-14-16(23)21-18(25)22-17(14)24/h1-8H,9H2,(H2,21,22,23,24,25). The van der Waals surface area contributed by atoms with Crippen LogP contribution in [0.1, 0.15) is 11.1 Å². The van der Waals surface area contributed by atoms with Crippen LogP contribution in [-0.2, 0) is 16.2 Å². The Morgan fingerprint density at radius 1 is 0.962 bits per heavy atom. The summed E-state index contributed by atoms with van der Waals surface area (Å²) in [6.45, 7) is 0.228. The van der Waals surface area contributed by atoms with Gasteiger partial charge in [0.2, 0.25) is 0 Å². The fourth-order valence-electron chi connectivity index (χ4n) is 2.27. The molecule has 6 nitrogen and oxygen atoms in total. The molecule has 0 saturated carbocycles. The fraction of sp³-hybridized carbons (Fsp3) is 0.0556. The molecular weight excluding hydrogens is 379 g/mol. The summed E-state index contributed by atoms with van der Waals surface area (Å²) >= 11 is 12.0. The lowest BCUT2D eigenvalue weighted by molar-refractivity contribution is -0.123. The predicted octanol–water partition coefficient (Wildman–Crippen LogP) is 3.32. The number of barbiturate groups is 1. The van der Waals surface area contributed by atoms with Crippen LogP contribution in [0.3, 0.4) is 0 Å². The predicted molar refractivity (Wildman–Crippen MR) is 96.9 cm³/mol. The number of hydrogen-bond donors (Lipinski definition) is 2. The summed E-state index contributed by atoms with van der Waals surface area (Å²) in [7, 11) is 0. The third-order valence-electron chi connectivity index (χ3n) is 3.52. The van der Waals surface area contributed by atoms with Crippen molar-refractivity contribution in [2.45, 2.75) is 6.61 Å². The minimum absolute atomic E-state index is 0.164. The highest BCUT2D eigenvalue weighted by molar-refractivity contribution is 6.35. The van der Waals surface area contributed by atoms with Gasteiger partial charge in [0.15, 0.2) is 0 Å². The molecule has 1 aliphatic heterocycles. The van der Waals surface area contributed by atoms with Crippen molar-refractivity contribution in [3.8, 4) is 5.75 Å². The molecule has 0 bridgehead atoms. The van der Waals surface area contributed by atoms with E-state index in [0.717, 1.165) is 5.56 Å². The first-order chi connectivity index (χ1) is 12.4. The Morgan fingerprint density at radius 2 is 1.69 bits per heavy atom. The first-order valence-corrected chi connectivity index (χ1v) is 8.23. The average Bonchev–Trinajstić information content (AvgIpc) is 2.58. The van der Waals surface area contributed by atoms with E-state index in [1.807, 2.05) is 10.6 Å². The summed E-state index contributed by atoms with van der Waals surface area (Å²) in [5, 5.41) is 5.07. The zero-order chi connectivity index (χ0) is 18.7. The number of benzene rings is 2. The number of amides is 4. The molecule has 0 spiro atoms. The van der Waals surface area contributed by atoms with E-state index in [1.54, 1.807) is 42.5 Å². The minimum Gasteiger partial charge on any atom is -0.489 e. The lowest BCUT2D eigenvalue weighted by Gasteiger charge is -2.14. The van der Waals surface area contributed by atoms with E-state index in [1.165, 1.54) is 6.08 Å². The second-order valence-electron chi connectivity index (χ2n) is 5.39. The van der Waals surface area contributed by atoms with Crippen LogP contribution >= 0.6 is 23.2 Å². The fourth-order valence-corrected chi connectivity index (χ4v) is 2.73. The molecule has 2 aromatic carbocycles. The molecule has 8 heteroatoms. The molecule has 26 heavy (non-hydrogen) atoms. The van der Waals surface area contributed by atoms with Gasteiger partial charge in [0.05, 0.1) is 0 Å². The molecule has 132 valence electrons. The molecule has 0 unspecified atom stereocenters. The Bertz CT molecular complexity index is 919. The van der Waals surface area contributed by atoms with E-state index < -0.39 is 17.8 Å². The van der Waals surface area contributed by atoms with E-state index in [4.69, 9.17) is 27.9 Å². The molecule has 1 saturated heterocycles. The molecule has 3 rings (SSSR count). The first kappa shape index (κ1) is 18.0. The highest BCUT2D eigenvalue weighted by Crippen LogP contribution is 2.23. The highest BCUT2D eigenvalue weighted by Gasteiger charge is 2.27. The Hall–Kier alpha value is -2.83. The van der Waals surface area contributed by atoms with Crippen LogP contribution in [0, 0.1) is 0 Å². The van der Waals surface area contributed by atoms with Gasteiger partial charge in [0.1, 0.15) is 17.9 Å². The second kappa shape index (κ2) is 7.59. The van der Waals surface area contributed by atoms with Crippen molar-refractivity contribution >= 4 is 47.1 Å². The Balaban J connectivity index is 1.76. The van der Waals surface area contributed by atoms with Crippen molar-refractivity contribution in [3.63, 3.8) is 0 Å². The number of hydrogen-bond acceptors (Lipinski definition) is 4. The molecular formula is C18H12Cl2N2O4. The molecule has 0 radical (unpaired) electrons. The summed E-state index contributed by atoms with van der Waals surface area (Å²) in [4.78, 5) is 34.6. The SMILES string of the molecule is O=C1NC(=O)C(=Cc2cccc(OCc3ccc(Cl)cc3Cl)c2)C(=O)N1. The maximum Gasteiger partial charge on any atom is 0.328 e. The van der Waals surface area contributed by atoms with Crippen molar-refractivity contribution in [2.24, 2.45) is 0 Å². The van der Waals surface area contributed by atoms with Crippen molar-refractivity contribution in [2.75, 3.05) is 0 Å². The van der Waals surface area contributed by atoms with Crippen LogP contribution in [0.25, 0.3) is 6.08 Å². The van der Waals surface area contributed by atoms with Crippen LogP contribution in [0.5, 0.6) is 5.75 Å². The molecule has 1 aliphatic rings. The quantitative estimate of drug-likeness (QED) is 0.619. The number of rotatable bonds is 4. The second-order valence-corrected chi connectivity index (χ2v) is 6.24. The van der Waals surface area contributed by atoms with Crippen LogP contribution in [0.2, 0.25) is 10.0 Å². The number of ether oxygens (including phenoxy) is 1. The van der Waals surface area contributed by atoms with Gasteiger partial charge in [-0.2, -0.15) is 0 Å². The molecule has 2 N–H and O–H groups in total. The summed E-state index contributed by atoms with van der Waals surface area (Å²) in [5.41, 5.74) is 1.17. The number of carbonyl (C=O) groups is 3. The lowest BCUT2D eigenvalue weighted by Crippen LogP contribution is -2.51. The molecule has 1 heterocycles. The van der Waals surface area contributed by atoms with Gasteiger partial charge in [0.25, 0.3) is 11.8 Å². The van der Waals surface area contributed by atoms with Gasteiger partial charge in [0, 0.05) is 15.6 Å². The maximum absolute atomic E-state index is 11.8. The monoisotopic (exact) mass is 390 g/mol. The molecule has 0 aromatic heterocycles. The average molecular weight is 391 g/mol. The zero-order valence-corrected chi connectivity index (χ0v) is 14.7. The van der Waals surface area contributed by atoms with Gasteiger partial charge in [-0.3, -0.25) is 20.2 Å². The van der Waals surface area contributed by atoms with Crippen LogP contribution in [0.4, 0.5) is 4.79 Å². The summed E-state index contributed by atoms with van der Waals surface area (Å²) < 4.78 is 5.70. The summed E-state index contributed by atoms with van der Waals surface area (Å²) in [6, 6.07) is 11.1. The lowest BCUT2D eigenvalue weighted by atomic mass is 10.1. The molecule has 4 amide bonds. The Labute approximate surface area is 158 Å². The van der Waals surface area contributed by atoms with Gasteiger partial charge in [-0.15, -0.1) is 0 Å². The number of carbonyl (C=O) groups excluding carboxylic acids is 3. The van der Waals surface area contributed by atoms with Gasteiger partial charge in [-0.05, 0) is 35.9 Å². The summed E-state index contributed by atoms with van der Waals surface area (Å²) in [5.74, 6) is -0.978. The smallest absolute Gasteiger partial charge is 0.328 e. The van der Waals surface area contributed by atoms with Gasteiger partial charge in [-0.25, -0.2) is 4.79 Å². The molecule has 2 aromatic rings. The maximum atomic E-state index is 11.8. The van der Waals surface area contributed by atoms with Gasteiger partial charge >= 0.3 is 6.03 Å². The Morgan fingerprint density at radius 3 is 2.38 bits per heavy atom. The van der Waals surface area contributed by atoms with Crippen LogP contribution in [-0.4, -0.2) is 17.8 Å². The van der Waals surface area contributed by atoms with E-state index >= 15 is 0 Å². The zero-order valence-electron chi connectivity index (χ0n) is 13.2. The van der Waals surface area contributed by atoms with Crippen molar-refractivity contribution in [3.05, 3.63) is 69.2 Å². The van der Waals surface area contributed by atoms with E-state index in [9.17, 15) is 14.4 Å². The molecule has 0 aliphatic carbocycles. The number of nitrogens with one attached hydrogen (secondary N) is 2. The van der Waals surface area contributed by atoms with Crippen molar-refractivity contribution < 1.29 is 19.1 Å². The van der Waals surface area contributed by atoms with Crippen LogP contribution in [0.15, 0.2) is 48.0 Å². The highest BCUT2D eigenvalue weighted by atomic mass is 35.5. The molecule has 0 atom stereocenters. The van der Waals surface area contributed by atoms with E-state index in [-0.39, 0.29) is 12.2 Å². The largest absolute Gasteiger partial charge is 0.489 e. The number of halogens is 2. The van der Waals surface area contributed by atoms with Crippen molar-refractivity contribution in [1.29, 1.82) is 0 Å². The van der Waals surface area contributed by atoms with Crippen LogP contribution < -0.4 is 15.4 Å². The van der Waals surface area contributed by atoms with Gasteiger partial charge < -0.3 is 4.74 Å². The van der Waals surface area contributed by atoms with E-state index in [0.29, 0.717) is 21.4 Å². The number of urea groups is 1. The third-order valence-corrected chi connectivity index (χ3v) is 4.11. The minimum atomic E-state index is -0.839. The van der Waals surface area contributed by atoms with Crippen molar-refractivity contribution in [1.82, 2.24) is 10.6 Å². The molecule has 1 fully saturated rings. The number of imide groups is 2. The van der Waals surface area contributed by atoms with E-state index in [2.05, 4.69) is 0 Å². The Kier molecular flexibility index (Phi) is 5.25. The first-order valence-electron chi connectivity index (χ1n) is 7.47. The third kappa shape index (κ3) is 4.22. The summed E-state index contributed by atoms with van der Waals surface area (Å²) in [6.07, 6.45) is 1.37. The topological polar surface area (TPSA) is 84.5 Å². The van der Waals surface area contributed by atoms with Gasteiger partial charge in [-0.1, -0.05) is 41.4 Å².